The Labute approximate surface area is 169 Å². The van der Waals surface area contributed by atoms with Gasteiger partial charge in [0.2, 0.25) is 12.7 Å². The molecule has 1 aromatic carbocycles. The maximum atomic E-state index is 13.3. The molecule has 1 amide bonds. The van der Waals surface area contributed by atoms with Gasteiger partial charge in [-0.25, -0.2) is 0 Å². The molecule has 29 heavy (non-hydrogen) atoms. The fraction of sp³-hybridized carbons (Fsp3) is 0.500. The standard InChI is InChI=1S/C22H24N4O3/c27-20(10-16-11-23-5-6-24-16)26-12-17(15-1-2-18-19(9-15)29-13-28-18)22-21(26)14-3-7-25(22)8-4-14/h1-2,5-6,9,11,14,17,21-22H,3-4,7-8,10,12-13H2/t17-,21+,22+/m1/s1. The van der Waals surface area contributed by atoms with Gasteiger partial charge in [0.15, 0.2) is 11.5 Å². The number of aromatic nitrogens is 2. The first-order chi connectivity index (χ1) is 14.3. The van der Waals surface area contributed by atoms with E-state index in [1.165, 1.54) is 18.4 Å². The molecule has 5 aliphatic rings. The summed E-state index contributed by atoms with van der Waals surface area (Å²) in [5.41, 5.74) is 1.98. The summed E-state index contributed by atoms with van der Waals surface area (Å²) in [5, 5.41) is 0. The maximum Gasteiger partial charge on any atom is 0.231 e. The van der Waals surface area contributed by atoms with Crippen molar-refractivity contribution in [2.45, 2.75) is 37.3 Å². The molecule has 3 atom stereocenters. The molecule has 6 heterocycles. The van der Waals surface area contributed by atoms with Crippen molar-refractivity contribution in [2.24, 2.45) is 5.92 Å². The van der Waals surface area contributed by atoms with E-state index < -0.39 is 0 Å². The van der Waals surface area contributed by atoms with E-state index in [1.54, 1.807) is 18.6 Å². The fourth-order valence-electron chi connectivity index (χ4n) is 5.82. The van der Waals surface area contributed by atoms with Gasteiger partial charge in [0.25, 0.3) is 0 Å². The predicted octanol–water partition coefficient (Wildman–Crippen LogP) is 1.84. The SMILES string of the molecule is O=C(Cc1cnccn1)N1C[C@H](c2ccc3c(c2)OCO3)[C@H]2[C@@H]1C1CCN2CC1. The summed E-state index contributed by atoms with van der Waals surface area (Å²) < 4.78 is 11.1. The molecule has 0 N–H and O–H groups in total. The van der Waals surface area contributed by atoms with Gasteiger partial charge >= 0.3 is 0 Å². The van der Waals surface area contributed by atoms with E-state index in [0.29, 0.717) is 24.3 Å². The van der Waals surface area contributed by atoms with Crippen LogP contribution in [0, 0.1) is 5.92 Å². The number of carbonyl (C=O) groups excluding carboxylic acids is 1. The largest absolute Gasteiger partial charge is 0.454 e. The minimum absolute atomic E-state index is 0.164. The van der Waals surface area contributed by atoms with Gasteiger partial charge in [-0.3, -0.25) is 19.7 Å². The lowest BCUT2D eigenvalue weighted by Gasteiger charge is -2.51. The number of fused-ring (bicyclic) bond motifs is 3. The van der Waals surface area contributed by atoms with Crippen LogP contribution in [0.4, 0.5) is 0 Å². The third kappa shape index (κ3) is 2.79. The molecule has 4 fully saturated rings. The molecular formula is C22H24N4O3. The van der Waals surface area contributed by atoms with Crippen molar-refractivity contribution in [2.75, 3.05) is 26.4 Å². The number of ether oxygens (including phenoxy) is 2. The molecule has 7 nitrogen and oxygen atoms in total. The summed E-state index contributed by atoms with van der Waals surface area (Å²) in [4.78, 5) is 26.5. The van der Waals surface area contributed by atoms with Crippen LogP contribution in [0.15, 0.2) is 36.8 Å². The number of hydrogen-bond acceptors (Lipinski definition) is 6. The number of amides is 1. The van der Waals surface area contributed by atoms with Crippen LogP contribution >= 0.6 is 0 Å². The van der Waals surface area contributed by atoms with E-state index in [1.807, 2.05) is 6.07 Å². The van der Waals surface area contributed by atoms with Crippen LogP contribution in [0.3, 0.4) is 0 Å². The van der Waals surface area contributed by atoms with E-state index in [-0.39, 0.29) is 18.7 Å². The van der Waals surface area contributed by atoms with Crippen LogP contribution in [-0.4, -0.2) is 64.2 Å². The first-order valence-corrected chi connectivity index (χ1v) is 10.5. The highest BCUT2D eigenvalue weighted by atomic mass is 16.7. The Morgan fingerprint density at radius 1 is 1.10 bits per heavy atom. The van der Waals surface area contributed by atoms with Gasteiger partial charge in [0, 0.05) is 37.1 Å². The molecule has 2 bridgehead atoms. The van der Waals surface area contributed by atoms with Crippen molar-refractivity contribution in [1.82, 2.24) is 19.8 Å². The zero-order valence-corrected chi connectivity index (χ0v) is 16.2. The Morgan fingerprint density at radius 3 is 2.79 bits per heavy atom. The maximum absolute atomic E-state index is 13.3. The van der Waals surface area contributed by atoms with Crippen LogP contribution in [0.1, 0.15) is 30.0 Å². The van der Waals surface area contributed by atoms with Crippen LogP contribution in [0.25, 0.3) is 0 Å². The topological polar surface area (TPSA) is 67.8 Å². The second-order valence-electron chi connectivity index (χ2n) is 8.49. The van der Waals surface area contributed by atoms with Crippen LogP contribution in [0.5, 0.6) is 11.5 Å². The van der Waals surface area contributed by atoms with E-state index in [2.05, 4.69) is 31.9 Å². The lowest BCUT2D eigenvalue weighted by Crippen LogP contribution is -2.60. The molecule has 7 heteroatoms. The summed E-state index contributed by atoms with van der Waals surface area (Å²) in [7, 11) is 0. The third-order valence-electron chi connectivity index (χ3n) is 7.09. The summed E-state index contributed by atoms with van der Waals surface area (Å²) in [5.74, 6) is 2.68. The van der Waals surface area contributed by atoms with Gasteiger partial charge in [-0.1, -0.05) is 6.07 Å². The fourth-order valence-corrected chi connectivity index (χ4v) is 5.82. The Morgan fingerprint density at radius 2 is 1.97 bits per heavy atom. The van der Waals surface area contributed by atoms with Crippen molar-refractivity contribution in [3.05, 3.63) is 48.0 Å². The molecule has 2 aromatic rings. The lowest BCUT2D eigenvalue weighted by molar-refractivity contribution is -0.135. The number of benzene rings is 1. The zero-order chi connectivity index (χ0) is 19.4. The van der Waals surface area contributed by atoms with Crippen molar-refractivity contribution in [3.63, 3.8) is 0 Å². The smallest absolute Gasteiger partial charge is 0.231 e. The first-order valence-electron chi connectivity index (χ1n) is 10.5. The van der Waals surface area contributed by atoms with Gasteiger partial charge in [-0.05, 0) is 49.5 Å². The molecule has 0 unspecified atom stereocenters. The van der Waals surface area contributed by atoms with Crippen LogP contribution < -0.4 is 9.47 Å². The summed E-state index contributed by atoms with van der Waals surface area (Å²) in [6.45, 7) is 3.31. The molecule has 5 aliphatic heterocycles. The van der Waals surface area contributed by atoms with Crippen LogP contribution in [0.2, 0.25) is 0 Å². The lowest BCUT2D eigenvalue weighted by atomic mass is 9.75. The molecule has 150 valence electrons. The number of nitrogens with zero attached hydrogens (tertiary/aromatic N) is 4. The highest BCUT2D eigenvalue weighted by molar-refractivity contribution is 5.79. The molecule has 0 radical (unpaired) electrons. The Balaban J connectivity index is 1.32. The van der Waals surface area contributed by atoms with Gasteiger partial charge < -0.3 is 14.4 Å². The quantitative estimate of drug-likeness (QED) is 0.794. The zero-order valence-electron chi connectivity index (χ0n) is 16.2. The molecular weight excluding hydrogens is 368 g/mol. The van der Waals surface area contributed by atoms with Crippen molar-refractivity contribution in [1.29, 1.82) is 0 Å². The molecule has 1 aromatic heterocycles. The molecule has 0 saturated carbocycles. The Hall–Kier alpha value is -2.67. The van der Waals surface area contributed by atoms with Gasteiger partial charge in [0.05, 0.1) is 18.2 Å². The number of likely N-dealkylation sites (tertiary alicyclic amines) is 1. The van der Waals surface area contributed by atoms with Crippen molar-refractivity contribution < 1.29 is 14.3 Å². The average molecular weight is 392 g/mol. The predicted molar refractivity (Wildman–Crippen MR) is 105 cm³/mol. The van der Waals surface area contributed by atoms with E-state index in [0.717, 1.165) is 36.8 Å². The Kier molecular flexibility index (Phi) is 3.97. The highest BCUT2D eigenvalue weighted by Crippen LogP contribution is 2.48. The average Bonchev–Trinajstić information content (AvgIpc) is 3.41. The number of piperidine rings is 3. The second kappa shape index (κ2) is 6.69. The molecule has 7 rings (SSSR count). The van der Waals surface area contributed by atoms with E-state index in [4.69, 9.17) is 9.47 Å². The first kappa shape index (κ1) is 17.2. The van der Waals surface area contributed by atoms with Crippen LogP contribution in [-0.2, 0) is 11.2 Å². The minimum atomic E-state index is 0.164. The highest BCUT2D eigenvalue weighted by Gasteiger charge is 2.54. The van der Waals surface area contributed by atoms with Crippen molar-refractivity contribution >= 4 is 5.91 Å². The Bertz CT molecular complexity index is 929. The third-order valence-corrected chi connectivity index (χ3v) is 7.09. The number of hydrogen-bond donors (Lipinski definition) is 0. The van der Waals surface area contributed by atoms with Gasteiger partial charge in [-0.15, -0.1) is 0 Å². The van der Waals surface area contributed by atoms with Gasteiger partial charge in [0.1, 0.15) is 0 Å². The second-order valence-corrected chi connectivity index (χ2v) is 8.49. The summed E-state index contributed by atoms with van der Waals surface area (Å²) >= 11 is 0. The molecule has 0 spiro atoms. The normalized spacial score (nSPS) is 31.7. The minimum Gasteiger partial charge on any atom is -0.454 e. The number of carbonyl (C=O) groups is 1. The number of rotatable bonds is 3. The summed E-state index contributed by atoms with van der Waals surface area (Å²) in [6, 6.07) is 6.94. The van der Waals surface area contributed by atoms with Gasteiger partial charge in [-0.2, -0.15) is 0 Å². The molecule has 4 saturated heterocycles. The van der Waals surface area contributed by atoms with Crippen molar-refractivity contribution in [3.8, 4) is 11.5 Å². The monoisotopic (exact) mass is 392 g/mol. The van der Waals surface area contributed by atoms with E-state index in [9.17, 15) is 4.79 Å². The summed E-state index contributed by atoms with van der Waals surface area (Å²) in [6.07, 6.45) is 7.67. The molecule has 0 aliphatic carbocycles. The van der Waals surface area contributed by atoms with E-state index >= 15 is 0 Å².